The molecule has 3 N–H and O–H groups in total. The third-order valence-corrected chi connectivity index (χ3v) is 8.23. The van der Waals surface area contributed by atoms with Crippen molar-refractivity contribution in [2.45, 2.75) is 38.4 Å². The van der Waals surface area contributed by atoms with Crippen molar-refractivity contribution in [3.05, 3.63) is 113 Å². The summed E-state index contributed by atoms with van der Waals surface area (Å²) in [5, 5.41) is 11.9. The summed E-state index contributed by atoms with van der Waals surface area (Å²) in [5.41, 5.74) is 2.15. The normalized spacial score (nSPS) is 15.8. The minimum Gasteiger partial charge on any atom is -0.444 e. The molecule has 252 valence electrons. The van der Waals surface area contributed by atoms with E-state index in [2.05, 4.69) is 31.0 Å². The number of alkyl halides is 2. The van der Waals surface area contributed by atoms with E-state index in [0.717, 1.165) is 22.3 Å². The number of carbonyl (C=O) groups excluding carboxylic acids is 5. The van der Waals surface area contributed by atoms with E-state index in [4.69, 9.17) is 4.42 Å². The number of pyridine rings is 1. The first-order valence-electron chi connectivity index (χ1n) is 15.4. The SMILES string of the molecule is O=C1CCC(N2C(=O)c3ccc(CNCc4ccc(-n5cc(NC(=O)c6coc(-c7ccncc7)n6)c(C(F)F)n5)cc4)cc3C2=O)C(=O)N1. The summed E-state index contributed by atoms with van der Waals surface area (Å²) in [5.74, 6) is -2.84. The number of fused-ring (bicyclic) bond motifs is 1. The number of oxazole rings is 1. The molecule has 1 saturated heterocycles. The van der Waals surface area contributed by atoms with Gasteiger partial charge in [0, 0.05) is 37.5 Å². The first kappa shape index (κ1) is 32.1. The number of rotatable bonds is 10. The van der Waals surface area contributed by atoms with Crippen molar-refractivity contribution in [2.75, 3.05) is 5.32 Å². The smallest absolute Gasteiger partial charge is 0.284 e. The Kier molecular flexibility index (Phi) is 8.51. The van der Waals surface area contributed by atoms with E-state index < -0.39 is 47.7 Å². The molecule has 0 saturated carbocycles. The van der Waals surface area contributed by atoms with Crippen LogP contribution >= 0.6 is 0 Å². The first-order chi connectivity index (χ1) is 24.2. The quantitative estimate of drug-likeness (QED) is 0.184. The third-order valence-electron chi connectivity index (χ3n) is 8.23. The standard InChI is InChI=1S/C34H26F2N8O6/c35-29(36)28-24(39-30(46)25-17-50-32(40-25)20-9-11-37-12-10-20)16-43(42-28)21-4-1-18(2-5-21)14-38-15-19-3-6-22-23(13-19)34(49)44(33(22)48)26-7-8-27(45)41-31(26)47/h1-6,9-13,16-17,26,29,38H,7-8,14-15H2,(H,39,46)(H,41,45,47). The lowest BCUT2D eigenvalue weighted by molar-refractivity contribution is -0.136. The largest absolute Gasteiger partial charge is 0.444 e. The van der Waals surface area contributed by atoms with Crippen LogP contribution in [0.4, 0.5) is 14.5 Å². The van der Waals surface area contributed by atoms with Gasteiger partial charge in [-0.25, -0.2) is 18.4 Å². The molecule has 14 nitrogen and oxygen atoms in total. The number of imide groups is 2. The molecule has 0 radical (unpaired) electrons. The molecular formula is C34H26F2N8O6. The zero-order valence-corrected chi connectivity index (χ0v) is 25.9. The van der Waals surface area contributed by atoms with Crippen molar-refractivity contribution in [3.8, 4) is 17.1 Å². The van der Waals surface area contributed by atoms with Gasteiger partial charge in [-0.15, -0.1) is 0 Å². The van der Waals surface area contributed by atoms with Gasteiger partial charge in [0.05, 0.1) is 28.7 Å². The van der Waals surface area contributed by atoms with Gasteiger partial charge in [-0.1, -0.05) is 18.2 Å². The molecule has 2 aliphatic heterocycles. The lowest BCUT2D eigenvalue weighted by atomic mass is 10.0. The van der Waals surface area contributed by atoms with Crippen LogP contribution in [-0.2, 0) is 22.7 Å². The van der Waals surface area contributed by atoms with Crippen LogP contribution in [0.15, 0.2) is 83.9 Å². The molecule has 5 amide bonds. The number of anilines is 1. The van der Waals surface area contributed by atoms with Gasteiger partial charge in [-0.2, -0.15) is 5.10 Å². The fraction of sp³-hybridized carbons (Fsp3) is 0.176. The molecule has 1 unspecified atom stereocenters. The van der Waals surface area contributed by atoms with Crippen LogP contribution in [0.25, 0.3) is 17.1 Å². The van der Waals surface area contributed by atoms with Gasteiger partial charge >= 0.3 is 0 Å². The van der Waals surface area contributed by atoms with E-state index in [1.54, 1.807) is 54.6 Å². The Hall–Kier alpha value is -6.42. The molecule has 16 heteroatoms. The van der Waals surface area contributed by atoms with Crippen LogP contribution in [-0.4, -0.2) is 60.2 Å². The molecule has 0 spiro atoms. The van der Waals surface area contributed by atoms with Crippen LogP contribution in [0.1, 0.15) is 67.3 Å². The molecule has 0 aliphatic carbocycles. The Labute approximate surface area is 281 Å². The summed E-state index contributed by atoms with van der Waals surface area (Å²) in [6.07, 6.45) is 2.65. The molecule has 2 aromatic carbocycles. The highest BCUT2D eigenvalue weighted by atomic mass is 19.3. The van der Waals surface area contributed by atoms with Crippen molar-refractivity contribution >= 4 is 35.2 Å². The van der Waals surface area contributed by atoms with Gasteiger partial charge in [0.25, 0.3) is 24.1 Å². The topological polar surface area (TPSA) is 181 Å². The Morgan fingerprint density at radius 2 is 1.68 bits per heavy atom. The second-order valence-corrected chi connectivity index (χ2v) is 11.5. The van der Waals surface area contributed by atoms with Crippen LogP contribution in [0.5, 0.6) is 0 Å². The van der Waals surface area contributed by atoms with E-state index in [9.17, 15) is 32.8 Å². The van der Waals surface area contributed by atoms with Crippen LogP contribution in [0.3, 0.4) is 0 Å². The van der Waals surface area contributed by atoms with E-state index in [0.29, 0.717) is 24.3 Å². The minimum absolute atomic E-state index is 0.0394. The number of hydrogen-bond donors (Lipinski definition) is 3. The molecule has 50 heavy (non-hydrogen) atoms. The van der Waals surface area contributed by atoms with Crippen molar-refractivity contribution < 1.29 is 37.2 Å². The lowest BCUT2D eigenvalue weighted by Crippen LogP contribution is -2.54. The number of amides is 5. The van der Waals surface area contributed by atoms with Crippen molar-refractivity contribution in [3.63, 3.8) is 0 Å². The fourth-order valence-electron chi connectivity index (χ4n) is 5.71. The highest BCUT2D eigenvalue weighted by molar-refractivity contribution is 6.23. The summed E-state index contributed by atoms with van der Waals surface area (Å²) in [6.45, 7) is 0.763. The molecule has 1 fully saturated rings. The summed E-state index contributed by atoms with van der Waals surface area (Å²) < 4.78 is 34.4. The van der Waals surface area contributed by atoms with Crippen LogP contribution in [0, 0.1) is 0 Å². The van der Waals surface area contributed by atoms with Gasteiger partial charge in [0.1, 0.15) is 12.3 Å². The number of halogens is 2. The number of nitrogens with zero attached hydrogens (tertiary/aromatic N) is 5. The zero-order valence-electron chi connectivity index (χ0n) is 25.9. The summed E-state index contributed by atoms with van der Waals surface area (Å²) in [7, 11) is 0. The predicted octanol–water partition coefficient (Wildman–Crippen LogP) is 3.80. The third kappa shape index (κ3) is 6.26. The van der Waals surface area contributed by atoms with Crippen molar-refractivity contribution in [1.82, 2.24) is 35.3 Å². The van der Waals surface area contributed by atoms with Gasteiger partial charge in [0.15, 0.2) is 11.4 Å². The van der Waals surface area contributed by atoms with E-state index in [-0.39, 0.29) is 41.2 Å². The molecule has 5 heterocycles. The minimum atomic E-state index is -2.96. The Bertz CT molecular complexity index is 2150. The van der Waals surface area contributed by atoms with Crippen molar-refractivity contribution in [2.24, 2.45) is 0 Å². The maximum absolute atomic E-state index is 13.9. The molecule has 0 bridgehead atoms. The van der Waals surface area contributed by atoms with Gasteiger partial charge in [-0.05, 0) is 53.9 Å². The van der Waals surface area contributed by atoms with E-state index in [1.807, 2.05) is 0 Å². The monoisotopic (exact) mass is 680 g/mol. The number of benzene rings is 2. The van der Waals surface area contributed by atoms with Gasteiger partial charge in [-0.3, -0.25) is 39.2 Å². The number of hydrogen-bond acceptors (Lipinski definition) is 10. The highest BCUT2D eigenvalue weighted by Crippen LogP contribution is 2.30. The second-order valence-electron chi connectivity index (χ2n) is 11.5. The number of aromatic nitrogens is 4. The fourth-order valence-corrected chi connectivity index (χ4v) is 5.71. The average Bonchev–Trinajstić information content (AvgIpc) is 3.83. The van der Waals surface area contributed by atoms with E-state index >= 15 is 0 Å². The summed E-state index contributed by atoms with van der Waals surface area (Å²) in [4.78, 5) is 71.6. The number of carbonyl (C=O) groups is 5. The first-order valence-corrected chi connectivity index (χ1v) is 15.4. The second kappa shape index (κ2) is 13.2. The Morgan fingerprint density at radius 1 is 0.960 bits per heavy atom. The van der Waals surface area contributed by atoms with E-state index in [1.165, 1.54) is 23.3 Å². The summed E-state index contributed by atoms with van der Waals surface area (Å²) >= 11 is 0. The molecule has 5 aromatic rings. The molecule has 1 atom stereocenters. The average molecular weight is 681 g/mol. The molecule has 7 rings (SSSR count). The van der Waals surface area contributed by atoms with Crippen molar-refractivity contribution in [1.29, 1.82) is 0 Å². The predicted molar refractivity (Wildman–Crippen MR) is 170 cm³/mol. The van der Waals surface area contributed by atoms with Crippen LogP contribution < -0.4 is 16.0 Å². The highest BCUT2D eigenvalue weighted by Gasteiger charge is 2.44. The summed E-state index contributed by atoms with van der Waals surface area (Å²) in [6, 6.07) is 14.1. The molecular weight excluding hydrogens is 654 g/mol. The maximum atomic E-state index is 13.9. The van der Waals surface area contributed by atoms with Gasteiger partial charge in [0.2, 0.25) is 17.7 Å². The molecule has 3 aromatic heterocycles. The maximum Gasteiger partial charge on any atom is 0.284 e. The Balaban J connectivity index is 0.974. The number of piperidine rings is 1. The molecule has 2 aliphatic rings. The van der Waals surface area contributed by atoms with Crippen LogP contribution in [0.2, 0.25) is 0 Å². The Morgan fingerprint density at radius 3 is 2.42 bits per heavy atom. The number of nitrogens with one attached hydrogen (secondary N) is 3. The van der Waals surface area contributed by atoms with Gasteiger partial charge < -0.3 is 15.1 Å². The zero-order chi connectivity index (χ0) is 34.9. The lowest BCUT2D eigenvalue weighted by Gasteiger charge is -2.27.